The summed E-state index contributed by atoms with van der Waals surface area (Å²) in [5, 5.41) is 12.2. The number of amides is 2. The fourth-order valence-electron chi connectivity index (χ4n) is 2.93. The third-order valence-corrected chi connectivity index (χ3v) is 4.33. The van der Waals surface area contributed by atoms with E-state index in [2.05, 4.69) is 12.2 Å². The van der Waals surface area contributed by atoms with E-state index in [1.54, 1.807) is 0 Å². The second-order valence-electron chi connectivity index (χ2n) is 5.58. The van der Waals surface area contributed by atoms with Crippen LogP contribution >= 0.6 is 0 Å². The summed E-state index contributed by atoms with van der Waals surface area (Å²) >= 11 is 0. The largest absolute Gasteiger partial charge is 0.396 e. The van der Waals surface area contributed by atoms with Crippen molar-refractivity contribution >= 4 is 6.03 Å². The third-order valence-electron chi connectivity index (χ3n) is 4.33. The number of carbonyl (C=O) groups excluding carboxylic acids is 1. The zero-order chi connectivity index (χ0) is 12.3. The second kappa shape index (κ2) is 5.71. The number of nitrogens with one attached hydrogen (secondary N) is 1. The standard InChI is InChI=1S/C13H24N2O2/c1-10-3-2-4-12(10)14-13(17)15-7-5-11(9-16)6-8-15/h10-12,16H,2-9H2,1H3,(H,14,17). The molecule has 1 aliphatic heterocycles. The molecule has 0 radical (unpaired) electrons. The smallest absolute Gasteiger partial charge is 0.317 e. The average Bonchev–Trinajstić information content (AvgIpc) is 2.75. The number of hydrogen-bond donors (Lipinski definition) is 2. The van der Waals surface area contributed by atoms with Crippen LogP contribution in [0.15, 0.2) is 0 Å². The number of carbonyl (C=O) groups is 1. The van der Waals surface area contributed by atoms with Gasteiger partial charge in [-0.25, -0.2) is 4.79 Å². The van der Waals surface area contributed by atoms with Crippen molar-refractivity contribution in [2.24, 2.45) is 11.8 Å². The summed E-state index contributed by atoms with van der Waals surface area (Å²) in [5.74, 6) is 1.01. The first-order valence-corrected chi connectivity index (χ1v) is 6.87. The lowest BCUT2D eigenvalue weighted by Crippen LogP contribution is -2.48. The van der Waals surface area contributed by atoms with Crippen LogP contribution < -0.4 is 5.32 Å². The predicted octanol–water partition coefficient (Wildman–Crippen LogP) is 1.59. The van der Waals surface area contributed by atoms with Crippen LogP contribution in [0, 0.1) is 11.8 Å². The van der Waals surface area contributed by atoms with Crippen LogP contribution in [0.5, 0.6) is 0 Å². The Morgan fingerprint density at radius 1 is 1.29 bits per heavy atom. The minimum Gasteiger partial charge on any atom is -0.396 e. The lowest BCUT2D eigenvalue weighted by atomic mass is 9.98. The Hall–Kier alpha value is -0.770. The third kappa shape index (κ3) is 3.12. The Kier molecular flexibility index (Phi) is 4.26. The number of piperidine rings is 1. The van der Waals surface area contributed by atoms with Crippen molar-refractivity contribution in [3.63, 3.8) is 0 Å². The van der Waals surface area contributed by atoms with E-state index in [1.807, 2.05) is 4.90 Å². The van der Waals surface area contributed by atoms with Gasteiger partial charge in [0, 0.05) is 25.7 Å². The lowest BCUT2D eigenvalue weighted by Gasteiger charge is -2.32. The van der Waals surface area contributed by atoms with Crippen LogP contribution in [0.4, 0.5) is 4.79 Å². The molecule has 4 heteroatoms. The average molecular weight is 240 g/mol. The minimum absolute atomic E-state index is 0.0974. The van der Waals surface area contributed by atoms with E-state index >= 15 is 0 Å². The first kappa shape index (κ1) is 12.7. The maximum atomic E-state index is 12.0. The highest BCUT2D eigenvalue weighted by atomic mass is 16.3. The molecule has 0 aromatic rings. The van der Waals surface area contributed by atoms with Gasteiger partial charge in [0.1, 0.15) is 0 Å². The van der Waals surface area contributed by atoms with E-state index in [-0.39, 0.29) is 12.6 Å². The number of likely N-dealkylation sites (tertiary alicyclic amines) is 1. The van der Waals surface area contributed by atoms with E-state index in [4.69, 9.17) is 5.11 Å². The fourth-order valence-corrected chi connectivity index (χ4v) is 2.93. The summed E-state index contributed by atoms with van der Waals surface area (Å²) in [5.41, 5.74) is 0. The topological polar surface area (TPSA) is 52.6 Å². The Bertz CT molecular complexity index is 262. The van der Waals surface area contributed by atoms with Crippen LogP contribution in [-0.2, 0) is 0 Å². The molecule has 0 bridgehead atoms. The van der Waals surface area contributed by atoms with Gasteiger partial charge in [0.15, 0.2) is 0 Å². The van der Waals surface area contributed by atoms with Crippen LogP contribution in [0.2, 0.25) is 0 Å². The van der Waals surface area contributed by atoms with E-state index in [1.165, 1.54) is 12.8 Å². The Balaban J connectivity index is 1.77. The Labute approximate surface area is 103 Å². The van der Waals surface area contributed by atoms with Crippen molar-refractivity contribution < 1.29 is 9.90 Å². The van der Waals surface area contributed by atoms with Gasteiger partial charge < -0.3 is 15.3 Å². The number of aliphatic hydroxyl groups is 1. The summed E-state index contributed by atoms with van der Waals surface area (Å²) < 4.78 is 0. The van der Waals surface area contributed by atoms with Crippen LogP contribution in [-0.4, -0.2) is 41.8 Å². The van der Waals surface area contributed by atoms with Crippen molar-refractivity contribution in [2.45, 2.75) is 45.1 Å². The van der Waals surface area contributed by atoms with Gasteiger partial charge in [-0.3, -0.25) is 0 Å². The van der Waals surface area contributed by atoms with Crippen molar-refractivity contribution in [3.05, 3.63) is 0 Å². The molecule has 0 aromatic heterocycles. The molecule has 1 saturated carbocycles. The van der Waals surface area contributed by atoms with Gasteiger partial charge in [-0.05, 0) is 37.5 Å². The highest BCUT2D eigenvalue weighted by Crippen LogP contribution is 2.25. The maximum Gasteiger partial charge on any atom is 0.317 e. The summed E-state index contributed by atoms with van der Waals surface area (Å²) in [4.78, 5) is 13.9. The Morgan fingerprint density at radius 3 is 2.53 bits per heavy atom. The fraction of sp³-hybridized carbons (Fsp3) is 0.923. The van der Waals surface area contributed by atoms with E-state index in [0.717, 1.165) is 32.4 Å². The Morgan fingerprint density at radius 2 is 2.00 bits per heavy atom. The number of rotatable bonds is 2. The van der Waals surface area contributed by atoms with Crippen LogP contribution in [0.1, 0.15) is 39.0 Å². The minimum atomic E-state index is 0.0974. The molecular formula is C13H24N2O2. The molecule has 0 spiro atoms. The SMILES string of the molecule is CC1CCCC1NC(=O)N1CCC(CO)CC1. The predicted molar refractivity (Wildman–Crippen MR) is 66.7 cm³/mol. The number of aliphatic hydroxyl groups excluding tert-OH is 1. The van der Waals surface area contributed by atoms with Gasteiger partial charge in [0.05, 0.1) is 0 Å². The molecule has 1 aliphatic carbocycles. The van der Waals surface area contributed by atoms with Crippen LogP contribution in [0.3, 0.4) is 0 Å². The molecule has 2 atom stereocenters. The van der Waals surface area contributed by atoms with Gasteiger partial charge in [0.2, 0.25) is 0 Å². The quantitative estimate of drug-likeness (QED) is 0.770. The molecule has 1 heterocycles. The molecule has 2 unspecified atom stereocenters. The molecule has 0 aromatic carbocycles. The van der Waals surface area contributed by atoms with Gasteiger partial charge >= 0.3 is 6.03 Å². The summed E-state index contributed by atoms with van der Waals surface area (Å²) in [6.45, 7) is 4.06. The normalized spacial score (nSPS) is 30.6. The zero-order valence-electron chi connectivity index (χ0n) is 10.7. The highest BCUT2D eigenvalue weighted by Gasteiger charge is 2.28. The summed E-state index contributed by atoms with van der Waals surface area (Å²) in [6.07, 6.45) is 5.46. The molecule has 2 fully saturated rings. The first-order valence-electron chi connectivity index (χ1n) is 6.87. The molecule has 1 saturated heterocycles. The number of urea groups is 1. The highest BCUT2D eigenvalue weighted by molar-refractivity contribution is 5.74. The maximum absolute atomic E-state index is 12.0. The molecule has 2 aliphatic rings. The molecule has 2 amide bonds. The van der Waals surface area contributed by atoms with Crippen molar-refractivity contribution in [2.75, 3.05) is 19.7 Å². The number of hydrogen-bond acceptors (Lipinski definition) is 2. The van der Waals surface area contributed by atoms with Gasteiger partial charge in [0.25, 0.3) is 0 Å². The van der Waals surface area contributed by atoms with Crippen molar-refractivity contribution in [3.8, 4) is 0 Å². The molecule has 98 valence electrons. The molecule has 2 N–H and O–H groups in total. The zero-order valence-corrected chi connectivity index (χ0v) is 10.7. The molecule has 2 rings (SSSR count). The van der Waals surface area contributed by atoms with Gasteiger partial charge in [-0.1, -0.05) is 13.3 Å². The van der Waals surface area contributed by atoms with E-state index < -0.39 is 0 Å². The number of nitrogens with zero attached hydrogens (tertiary/aromatic N) is 1. The first-order chi connectivity index (χ1) is 8.20. The van der Waals surface area contributed by atoms with Gasteiger partial charge in [-0.2, -0.15) is 0 Å². The summed E-state index contributed by atoms with van der Waals surface area (Å²) in [6, 6.07) is 0.471. The van der Waals surface area contributed by atoms with Crippen LogP contribution in [0.25, 0.3) is 0 Å². The molecular weight excluding hydrogens is 216 g/mol. The van der Waals surface area contributed by atoms with Gasteiger partial charge in [-0.15, -0.1) is 0 Å². The lowest BCUT2D eigenvalue weighted by molar-refractivity contribution is 0.134. The monoisotopic (exact) mass is 240 g/mol. The second-order valence-corrected chi connectivity index (χ2v) is 5.58. The van der Waals surface area contributed by atoms with Crippen molar-refractivity contribution in [1.82, 2.24) is 10.2 Å². The van der Waals surface area contributed by atoms with E-state index in [9.17, 15) is 4.79 Å². The molecule has 17 heavy (non-hydrogen) atoms. The van der Waals surface area contributed by atoms with Crippen molar-refractivity contribution in [1.29, 1.82) is 0 Å². The molecule has 4 nitrogen and oxygen atoms in total. The summed E-state index contributed by atoms with van der Waals surface area (Å²) in [7, 11) is 0. The van der Waals surface area contributed by atoms with E-state index in [0.29, 0.717) is 17.9 Å².